The van der Waals surface area contributed by atoms with Crippen molar-refractivity contribution in [3.05, 3.63) is 89.2 Å². The number of nitrogens with zero attached hydrogens (tertiary/aromatic N) is 2. The van der Waals surface area contributed by atoms with E-state index in [1.807, 2.05) is 49.4 Å². The van der Waals surface area contributed by atoms with Gasteiger partial charge in [-0.2, -0.15) is 13.2 Å². The summed E-state index contributed by atoms with van der Waals surface area (Å²) in [6.45, 7) is 4.35. The molecule has 1 saturated carbocycles. The SMILES string of the molecule is Cc1cc(C(=O)NC2CCNCC2)ccc1-c1ccc(C[C@H](NC(=O)[C@H]2CC[C@H](CN)CC2)C(=O)Nc2ccc(-c3nc(C(F)(F)F)n[nH]3)cc2)cc1.Cl. The zero-order chi connectivity index (χ0) is 37.5. The molecule has 11 nitrogen and oxygen atoms in total. The summed E-state index contributed by atoms with van der Waals surface area (Å²) in [7, 11) is 0. The van der Waals surface area contributed by atoms with E-state index < -0.39 is 23.9 Å². The number of H-pyrrole nitrogens is 1. The predicted octanol–water partition coefficient (Wildman–Crippen LogP) is 5.80. The molecule has 1 saturated heterocycles. The number of aromatic nitrogens is 3. The number of hydrogen-bond acceptors (Lipinski definition) is 7. The fraction of sp³-hybridized carbons (Fsp3) is 0.410. The summed E-state index contributed by atoms with van der Waals surface area (Å²) in [4.78, 5) is 43.6. The summed E-state index contributed by atoms with van der Waals surface area (Å²) < 4.78 is 38.9. The van der Waals surface area contributed by atoms with Gasteiger partial charge in [-0.1, -0.05) is 30.3 Å². The highest BCUT2D eigenvalue weighted by Gasteiger charge is 2.36. The molecule has 0 spiro atoms. The number of nitrogens with two attached hydrogens (primary N) is 1. The van der Waals surface area contributed by atoms with E-state index in [9.17, 15) is 27.6 Å². The van der Waals surface area contributed by atoms with Crippen molar-refractivity contribution in [2.24, 2.45) is 17.6 Å². The standard InChI is InChI=1S/C39H45F3N8O3.ClH/c1-23-20-29(36(52)45-31-16-18-44-19-17-31)12-15-32(23)26-6-2-24(3-7-26)21-33(47-35(51)28-8-4-25(22-43)5-9-28)37(53)46-30-13-10-27(11-14-30)34-48-38(50-49-34)39(40,41)42;/h2-3,6-7,10-15,20,25,28,31,33,44H,4-5,8-9,16-19,21-22,43H2,1H3,(H,45,52)(H,46,53)(H,47,51)(H,48,49,50);1H/t25-,28-,33-;/m0./s1. The Labute approximate surface area is 318 Å². The summed E-state index contributed by atoms with van der Waals surface area (Å²) in [6, 6.07) is 18.9. The molecule has 15 heteroatoms. The van der Waals surface area contributed by atoms with Crippen molar-refractivity contribution in [3.63, 3.8) is 0 Å². The van der Waals surface area contributed by atoms with Crippen LogP contribution in [0.4, 0.5) is 18.9 Å². The third kappa shape index (κ3) is 10.2. The van der Waals surface area contributed by atoms with E-state index in [-0.39, 0.29) is 48.4 Å². The van der Waals surface area contributed by atoms with Crippen LogP contribution in [0.15, 0.2) is 66.7 Å². The molecule has 0 unspecified atom stereocenters. The number of hydrogen-bond donors (Lipinski definition) is 6. The van der Waals surface area contributed by atoms with Crippen LogP contribution in [0.2, 0.25) is 0 Å². The number of halogens is 4. The van der Waals surface area contributed by atoms with Crippen LogP contribution in [0.25, 0.3) is 22.5 Å². The zero-order valence-corrected chi connectivity index (χ0v) is 30.8. The molecule has 2 aliphatic rings. The maximum atomic E-state index is 13.7. The average molecular weight is 767 g/mol. The van der Waals surface area contributed by atoms with Crippen LogP contribution in [-0.2, 0) is 22.2 Å². The number of rotatable bonds is 11. The zero-order valence-electron chi connectivity index (χ0n) is 30.0. The van der Waals surface area contributed by atoms with Gasteiger partial charge in [0.15, 0.2) is 5.82 Å². The number of piperidine rings is 1. The first-order chi connectivity index (χ1) is 25.5. The normalized spacial score (nSPS) is 18.2. The Kier molecular flexibility index (Phi) is 13.5. The third-order valence-corrected chi connectivity index (χ3v) is 10.2. The molecule has 54 heavy (non-hydrogen) atoms. The van der Waals surface area contributed by atoms with E-state index in [4.69, 9.17) is 5.73 Å². The Morgan fingerprint density at radius 2 is 1.57 bits per heavy atom. The fourth-order valence-corrected chi connectivity index (χ4v) is 7.04. The number of carbonyl (C=O) groups excluding carboxylic acids is 3. The second kappa shape index (κ2) is 18.0. The molecule has 288 valence electrons. The van der Waals surface area contributed by atoms with Gasteiger partial charge in [0.05, 0.1) is 0 Å². The van der Waals surface area contributed by atoms with Crippen LogP contribution in [-0.4, -0.2) is 64.6 Å². The summed E-state index contributed by atoms with van der Waals surface area (Å²) in [5.41, 5.74) is 10.9. The van der Waals surface area contributed by atoms with E-state index in [0.717, 1.165) is 61.0 Å². The molecule has 4 aromatic rings. The first-order valence-electron chi connectivity index (χ1n) is 18.1. The lowest BCUT2D eigenvalue weighted by Gasteiger charge is -2.28. The monoisotopic (exact) mass is 766 g/mol. The van der Waals surface area contributed by atoms with E-state index in [1.54, 1.807) is 12.1 Å². The molecule has 2 heterocycles. The lowest BCUT2D eigenvalue weighted by molar-refractivity contribution is -0.144. The van der Waals surface area contributed by atoms with Gasteiger partial charge >= 0.3 is 6.18 Å². The quantitative estimate of drug-likeness (QED) is 0.112. The predicted molar refractivity (Wildman–Crippen MR) is 203 cm³/mol. The van der Waals surface area contributed by atoms with Crippen LogP contribution < -0.4 is 27.0 Å². The van der Waals surface area contributed by atoms with Crippen molar-refractivity contribution in [1.29, 1.82) is 0 Å². The topological polar surface area (TPSA) is 167 Å². The number of carbonyl (C=O) groups is 3. The maximum Gasteiger partial charge on any atom is 0.453 e. The lowest BCUT2D eigenvalue weighted by atomic mass is 9.81. The van der Waals surface area contributed by atoms with Crippen LogP contribution in [0.5, 0.6) is 0 Å². The molecular weight excluding hydrogens is 721 g/mol. The van der Waals surface area contributed by atoms with Gasteiger partial charge in [0, 0.05) is 35.2 Å². The molecule has 0 bridgehead atoms. The Balaban J connectivity index is 0.00000561. The number of amides is 3. The molecular formula is C39H46ClF3N8O3. The van der Waals surface area contributed by atoms with Gasteiger partial charge in [-0.25, -0.2) is 4.98 Å². The smallest absolute Gasteiger partial charge is 0.349 e. The van der Waals surface area contributed by atoms with Crippen molar-refractivity contribution in [2.45, 2.75) is 70.1 Å². The molecule has 1 aromatic heterocycles. The highest BCUT2D eigenvalue weighted by molar-refractivity contribution is 5.98. The van der Waals surface area contributed by atoms with E-state index in [1.165, 1.54) is 12.1 Å². The van der Waals surface area contributed by atoms with Gasteiger partial charge in [0.2, 0.25) is 11.8 Å². The number of aryl methyl sites for hydroxylation is 1. The summed E-state index contributed by atoms with van der Waals surface area (Å²) in [5, 5.41) is 17.8. The number of alkyl halides is 3. The first kappa shape index (κ1) is 40.4. The molecule has 2 fully saturated rings. The minimum atomic E-state index is -4.68. The van der Waals surface area contributed by atoms with Gasteiger partial charge in [-0.05, 0) is 130 Å². The fourth-order valence-electron chi connectivity index (χ4n) is 7.04. The molecule has 3 amide bonds. The van der Waals surface area contributed by atoms with E-state index >= 15 is 0 Å². The number of benzene rings is 3. The molecule has 0 radical (unpaired) electrons. The number of aromatic amines is 1. The van der Waals surface area contributed by atoms with Gasteiger partial charge in [0.1, 0.15) is 6.04 Å². The van der Waals surface area contributed by atoms with Crippen LogP contribution in [0.3, 0.4) is 0 Å². The van der Waals surface area contributed by atoms with Crippen LogP contribution >= 0.6 is 12.4 Å². The van der Waals surface area contributed by atoms with Crippen molar-refractivity contribution in [1.82, 2.24) is 31.1 Å². The Hall–Kier alpha value is -4.79. The van der Waals surface area contributed by atoms with Crippen molar-refractivity contribution in [3.8, 4) is 22.5 Å². The minimum absolute atomic E-state index is 0. The number of anilines is 1. The first-order valence-corrected chi connectivity index (χ1v) is 18.1. The van der Waals surface area contributed by atoms with E-state index in [2.05, 4.69) is 36.4 Å². The second-order valence-electron chi connectivity index (χ2n) is 14.0. The van der Waals surface area contributed by atoms with Crippen molar-refractivity contribution >= 4 is 35.8 Å². The highest BCUT2D eigenvalue weighted by Crippen LogP contribution is 2.30. The minimum Gasteiger partial charge on any atom is -0.349 e. The van der Waals surface area contributed by atoms with Crippen molar-refractivity contribution in [2.75, 3.05) is 25.0 Å². The highest BCUT2D eigenvalue weighted by atomic mass is 35.5. The summed E-state index contributed by atoms with van der Waals surface area (Å²) in [5.74, 6) is -1.84. The maximum absolute atomic E-state index is 13.7. The molecule has 7 N–H and O–H groups in total. The lowest BCUT2D eigenvalue weighted by Crippen LogP contribution is -2.48. The third-order valence-electron chi connectivity index (χ3n) is 10.2. The average Bonchev–Trinajstić information content (AvgIpc) is 3.67. The summed E-state index contributed by atoms with van der Waals surface area (Å²) >= 11 is 0. The van der Waals surface area contributed by atoms with Crippen LogP contribution in [0, 0.1) is 18.8 Å². The Bertz CT molecular complexity index is 1890. The van der Waals surface area contributed by atoms with Gasteiger partial charge in [0.25, 0.3) is 11.7 Å². The van der Waals surface area contributed by atoms with Crippen molar-refractivity contribution < 1.29 is 27.6 Å². The molecule has 1 aliphatic heterocycles. The van der Waals surface area contributed by atoms with Gasteiger partial charge in [-0.15, -0.1) is 17.5 Å². The molecule has 3 aromatic carbocycles. The molecule has 1 atom stereocenters. The Morgan fingerprint density at radius 3 is 2.19 bits per heavy atom. The van der Waals surface area contributed by atoms with E-state index in [0.29, 0.717) is 42.1 Å². The summed E-state index contributed by atoms with van der Waals surface area (Å²) in [6.07, 6.45) is 0.486. The largest absolute Gasteiger partial charge is 0.453 e. The molecule has 1 aliphatic carbocycles. The molecule has 6 rings (SSSR count). The second-order valence-corrected chi connectivity index (χ2v) is 14.0. The van der Waals surface area contributed by atoms with Gasteiger partial charge < -0.3 is 27.0 Å². The Morgan fingerprint density at radius 1 is 0.907 bits per heavy atom. The van der Waals surface area contributed by atoms with Crippen LogP contribution in [0.1, 0.15) is 65.8 Å². The van der Waals surface area contributed by atoms with Gasteiger partial charge in [-0.3, -0.25) is 19.5 Å². The number of nitrogens with one attached hydrogen (secondary N) is 5.